The lowest BCUT2D eigenvalue weighted by molar-refractivity contribution is 0.345. The molecule has 0 saturated carbocycles. The lowest BCUT2D eigenvalue weighted by Gasteiger charge is -2.01. The predicted octanol–water partition coefficient (Wildman–Crippen LogP) is 0.951. The largest absolute Gasteiger partial charge is 0.337 e. The summed E-state index contributed by atoms with van der Waals surface area (Å²) in [5, 5.41) is 7.21. The molecule has 82 valence electrons. The third-order valence-corrected chi connectivity index (χ3v) is 2.59. The van der Waals surface area contributed by atoms with Crippen LogP contribution in [0.1, 0.15) is 24.8 Å². The van der Waals surface area contributed by atoms with E-state index in [0.717, 1.165) is 19.4 Å². The fraction of sp³-hybridized carbons (Fsp3) is 0.400. The molecule has 0 bridgehead atoms. The first kappa shape index (κ1) is 9.41. The molecule has 1 N–H and O–H groups in total. The molecule has 0 spiro atoms. The van der Waals surface area contributed by atoms with Crippen LogP contribution in [0.2, 0.25) is 0 Å². The normalized spacial score (nSPS) is 20.1. The van der Waals surface area contributed by atoms with Crippen molar-refractivity contribution in [3.63, 3.8) is 0 Å². The van der Waals surface area contributed by atoms with Crippen LogP contribution >= 0.6 is 0 Å². The number of hydrogen-bond acceptors (Lipinski definition) is 6. The maximum atomic E-state index is 5.21. The summed E-state index contributed by atoms with van der Waals surface area (Å²) in [4.78, 5) is 12.4. The molecule has 1 saturated heterocycles. The lowest BCUT2D eigenvalue weighted by atomic mass is 10.2. The quantitative estimate of drug-likeness (QED) is 0.807. The van der Waals surface area contributed by atoms with Gasteiger partial charge in [0.05, 0.1) is 12.2 Å². The Morgan fingerprint density at radius 1 is 1.38 bits per heavy atom. The molecule has 0 radical (unpaired) electrons. The van der Waals surface area contributed by atoms with Crippen molar-refractivity contribution in [2.75, 3.05) is 6.54 Å². The lowest BCUT2D eigenvalue weighted by Crippen LogP contribution is -2.12. The fourth-order valence-corrected chi connectivity index (χ4v) is 1.79. The van der Waals surface area contributed by atoms with Crippen LogP contribution in [0.4, 0.5) is 0 Å². The second-order valence-electron chi connectivity index (χ2n) is 3.70. The molecule has 6 nitrogen and oxygen atoms in total. The van der Waals surface area contributed by atoms with E-state index >= 15 is 0 Å². The number of rotatable bonds is 2. The second kappa shape index (κ2) is 3.97. The topological polar surface area (TPSA) is 76.7 Å². The molecule has 2 aromatic rings. The van der Waals surface area contributed by atoms with Crippen LogP contribution in [0.25, 0.3) is 11.5 Å². The summed E-state index contributed by atoms with van der Waals surface area (Å²) in [5.41, 5.74) is 0.635. The van der Waals surface area contributed by atoms with Crippen molar-refractivity contribution in [2.24, 2.45) is 0 Å². The van der Waals surface area contributed by atoms with Crippen LogP contribution in [-0.2, 0) is 0 Å². The van der Waals surface area contributed by atoms with Crippen molar-refractivity contribution < 1.29 is 4.52 Å². The summed E-state index contributed by atoms with van der Waals surface area (Å²) in [7, 11) is 0. The van der Waals surface area contributed by atoms with Crippen molar-refractivity contribution in [3.05, 3.63) is 24.5 Å². The van der Waals surface area contributed by atoms with Gasteiger partial charge in [-0.05, 0) is 19.4 Å². The predicted molar refractivity (Wildman–Crippen MR) is 55.3 cm³/mol. The van der Waals surface area contributed by atoms with E-state index < -0.39 is 0 Å². The molecular formula is C10H11N5O. The van der Waals surface area contributed by atoms with E-state index in [1.165, 1.54) is 0 Å². The monoisotopic (exact) mass is 217 g/mol. The van der Waals surface area contributed by atoms with Gasteiger partial charge in [0.25, 0.3) is 0 Å². The fourth-order valence-electron chi connectivity index (χ4n) is 1.79. The van der Waals surface area contributed by atoms with E-state index in [9.17, 15) is 0 Å². The zero-order chi connectivity index (χ0) is 10.8. The first-order valence-electron chi connectivity index (χ1n) is 5.27. The smallest absolute Gasteiger partial charge is 0.244 e. The second-order valence-corrected chi connectivity index (χ2v) is 3.70. The third-order valence-electron chi connectivity index (χ3n) is 2.59. The van der Waals surface area contributed by atoms with E-state index in [0.29, 0.717) is 17.4 Å². The average molecular weight is 217 g/mol. The maximum absolute atomic E-state index is 5.21. The summed E-state index contributed by atoms with van der Waals surface area (Å²) in [6, 6.07) is 0.193. The summed E-state index contributed by atoms with van der Waals surface area (Å²) in [6.07, 6.45) is 7.04. The maximum Gasteiger partial charge on any atom is 0.244 e. The molecule has 3 rings (SSSR count). The first-order valence-corrected chi connectivity index (χ1v) is 5.27. The Morgan fingerprint density at radius 3 is 3.12 bits per heavy atom. The SMILES string of the molecule is c1cnc(-c2noc(C3CCCN3)n2)cn1. The highest BCUT2D eigenvalue weighted by Gasteiger charge is 2.22. The molecule has 0 aromatic carbocycles. The van der Waals surface area contributed by atoms with Crippen LogP contribution in [-0.4, -0.2) is 26.7 Å². The van der Waals surface area contributed by atoms with Gasteiger partial charge in [0.15, 0.2) is 0 Å². The molecular weight excluding hydrogens is 206 g/mol. The highest BCUT2D eigenvalue weighted by atomic mass is 16.5. The van der Waals surface area contributed by atoms with E-state index in [1.807, 2.05) is 0 Å². The molecule has 16 heavy (non-hydrogen) atoms. The van der Waals surface area contributed by atoms with Gasteiger partial charge < -0.3 is 9.84 Å². The average Bonchev–Trinajstić information content (AvgIpc) is 3.01. The van der Waals surface area contributed by atoms with Crippen molar-refractivity contribution >= 4 is 0 Å². The highest BCUT2D eigenvalue weighted by Crippen LogP contribution is 2.22. The van der Waals surface area contributed by atoms with Crippen molar-refractivity contribution in [1.29, 1.82) is 0 Å². The van der Waals surface area contributed by atoms with Gasteiger partial charge in [-0.2, -0.15) is 4.98 Å². The van der Waals surface area contributed by atoms with Gasteiger partial charge in [0.2, 0.25) is 11.7 Å². The summed E-state index contributed by atoms with van der Waals surface area (Å²) >= 11 is 0. The zero-order valence-corrected chi connectivity index (χ0v) is 8.63. The van der Waals surface area contributed by atoms with Gasteiger partial charge in [-0.25, -0.2) is 4.98 Å². The van der Waals surface area contributed by atoms with Crippen molar-refractivity contribution in [3.8, 4) is 11.5 Å². The van der Waals surface area contributed by atoms with Crippen LogP contribution in [0.5, 0.6) is 0 Å². The Labute approximate surface area is 92.1 Å². The molecule has 2 aromatic heterocycles. The summed E-state index contributed by atoms with van der Waals surface area (Å²) in [5.74, 6) is 1.13. The molecule has 1 unspecified atom stereocenters. The van der Waals surface area contributed by atoms with Crippen LogP contribution in [0, 0.1) is 0 Å². The Kier molecular flexibility index (Phi) is 2.34. The minimum absolute atomic E-state index is 0.193. The molecule has 3 heterocycles. The van der Waals surface area contributed by atoms with Gasteiger partial charge in [0, 0.05) is 12.4 Å². The standard InChI is InChI=1S/C10H11N5O/c1-2-7(12-3-1)10-14-9(15-16-10)8-6-11-4-5-13-8/h4-7,12H,1-3H2. The van der Waals surface area contributed by atoms with E-state index in [4.69, 9.17) is 4.52 Å². The van der Waals surface area contributed by atoms with Crippen molar-refractivity contribution in [1.82, 2.24) is 25.4 Å². The molecule has 6 heteroatoms. The molecule has 1 atom stereocenters. The number of hydrogen-bond donors (Lipinski definition) is 1. The van der Waals surface area contributed by atoms with Gasteiger partial charge in [-0.15, -0.1) is 0 Å². The molecule has 1 fully saturated rings. The zero-order valence-electron chi connectivity index (χ0n) is 8.63. The van der Waals surface area contributed by atoms with Crippen LogP contribution in [0.3, 0.4) is 0 Å². The van der Waals surface area contributed by atoms with E-state index in [-0.39, 0.29) is 6.04 Å². The van der Waals surface area contributed by atoms with Crippen LogP contribution in [0.15, 0.2) is 23.1 Å². The minimum Gasteiger partial charge on any atom is -0.337 e. The summed E-state index contributed by atoms with van der Waals surface area (Å²) in [6.45, 7) is 1.01. The van der Waals surface area contributed by atoms with Gasteiger partial charge >= 0.3 is 0 Å². The Hall–Kier alpha value is -1.82. The van der Waals surface area contributed by atoms with Crippen molar-refractivity contribution in [2.45, 2.75) is 18.9 Å². The van der Waals surface area contributed by atoms with Gasteiger partial charge in [-0.3, -0.25) is 4.98 Å². The third kappa shape index (κ3) is 1.67. The van der Waals surface area contributed by atoms with E-state index in [1.54, 1.807) is 18.6 Å². The first-order chi connectivity index (χ1) is 7.93. The Bertz CT molecular complexity index is 463. The number of nitrogens with one attached hydrogen (secondary N) is 1. The molecule has 0 amide bonds. The Balaban J connectivity index is 1.87. The van der Waals surface area contributed by atoms with E-state index in [2.05, 4.69) is 25.4 Å². The minimum atomic E-state index is 0.193. The number of aromatic nitrogens is 4. The van der Waals surface area contributed by atoms with Gasteiger partial charge in [0.1, 0.15) is 5.69 Å². The molecule has 1 aliphatic heterocycles. The molecule has 0 aliphatic carbocycles. The van der Waals surface area contributed by atoms with Gasteiger partial charge in [-0.1, -0.05) is 5.16 Å². The highest BCUT2D eigenvalue weighted by molar-refractivity contribution is 5.45. The molecule has 1 aliphatic rings. The number of nitrogens with zero attached hydrogens (tertiary/aromatic N) is 4. The Morgan fingerprint density at radius 2 is 2.38 bits per heavy atom. The van der Waals surface area contributed by atoms with Crippen LogP contribution < -0.4 is 5.32 Å². The summed E-state index contributed by atoms with van der Waals surface area (Å²) < 4.78 is 5.21.